The Morgan fingerprint density at radius 3 is 1.29 bits per heavy atom. The Labute approximate surface area is 317 Å². The highest BCUT2D eigenvalue weighted by Crippen LogP contribution is 2.20. The van der Waals surface area contributed by atoms with E-state index < -0.39 is 5.97 Å². The Hall–Kier alpha value is -3.28. The second kappa shape index (κ2) is 33.5. The number of hydrogen-bond acceptors (Lipinski definition) is 5. The van der Waals surface area contributed by atoms with E-state index in [0.29, 0.717) is 19.5 Å². The maximum Gasteiger partial charge on any atom is 0.303 e. The minimum atomic E-state index is -0.674. The molecule has 0 aliphatic carbocycles. The molecule has 0 fully saturated rings. The first-order valence-corrected chi connectivity index (χ1v) is 21.2. The number of nitrogens with zero attached hydrogens (tertiary/aromatic N) is 2. The molecule has 2 rings (SSSR count). The van der Waals surface area contributed by atoms with Crippen LogP contribution in [0.5, 0.6) is 0 Å². The minimum Gasteiger partial charge on any atom is -0.481 e. The highest BCUT2D eigenvalue weighted by molar-refractivity contribution is 5.66. The Morgan fingerprint density at radius 1 is 0.519 bits per heavy atom. The summed E-state index contributed by atoms with van der Waals surface area (Å²) in [5, 5.41) is 8.67. The molecule has 0 saturated heterocycles. The van der Waals surface area contributed by atoms with Crippen molar-refractivity contribution >= 4 is 12.4 Å². The molecule has 0 aliphatic rings. The summed E-state index contributed by atoms with van der Waals surface area (Å²) in [7, 11) is 0. The van der Waals surface area contributed by atoms with Gasteiger partial charge in [0.1, 0.15) is 0 Å². The zero-order chi connectivity index (χ0) is 37.0. The SMILES string of the molecule is O=COCCCCCCC/C=C/CCCCCCCCc1ccnc(-c2cc(CCCCCCCC/C=C/CCCCCCCC(=O)O)ccn2)c1. The van der Waals surface area contributed by atoms with Crippen LogP contribution in [-0.4, -0.2) is 34.1 Å². The summed E-state index contributed by atoms with van der Waals surface area (Å²) in [6, 6.07) is 8.81. The van der Waals surface area contributed by atoms with Crippen LogP contribution in [0.25, 0.3) is 11.4 Å². The first kappa shape index (κ1) is 44.9. The molecule has 1 N–H and O–H groups in total. The molecule has 2 aromatic rings. The molecule has 6 heteroatoms. The molecule has 0 spiro atoms. The molecule has 2 aromatic heterocycles. The third-order valence-electron chi connectivity index (χ3n) is 9.88. The number of unbranched alkanes of at least 4 members (excludes halogenated alkanes) is 22. The molecule has 52 heavy (non-hydrogen) atoms. The number of pyridine rings is 2. The Morgan fingerprint density at radius 2 is 0.885 bits per heavy atom. The topological polar surface area (TPSA) is 89.4 Å². The fourth-order valence-electron chi connectivity index (χ4n) is 6.70. The number of ether oxygens (including phenoxy) is 1. The number of aryl methyl sites for hydroxylation is 2. The predicted octanol–water partition coefficient (Wildman–Crippen LogP) is 13.1. The molecule has 0 unspecified atom stereocenters. The molecule has 0 saturated carbocycles. The molecule has 6 nitrogen and oxygen atoms in total. The van der Waals surface area contributed by atoms with Crippen LogP contribution in [0.4, 0.5) is 0 Å². The van der Waals surface area contributed by atoms with Crippen LogP contribution < -0.4 is 0 Å². The van der Waals surface area contributed by atoms with Crippen LogP contribution in [0.15, 0.2) is 61.0 Å². The van der Waals surface area contributed by atoms with Crippen molar-refractivity contribution in [2.75, 3.05) is 6.61 Å². The van der Waals surface area contributed by atoms with Crippen LogP contribution in [0.3, 0.4) is 0 Å². The lowest BCUT2D eigenvalue weighted by molar-refractivity contribution is -0.137. The lowest BCUT2D eigenvalue weighted by atomic mass is 10.0. The molecular weight excluding hydrogens is 645 g/mol. The highest BCUT2D eigenvalue weighted by atomic mass is 16.5. The molecule has 0 aliphatic heterocycles. The minimum absolute atomic E-state index is 0.313. The van der Waals surface area contributed by atoms with Crippen LogP contribution in [0.1, 0.15) is 184 Å². The van der Waals surface area contributed by atoms with E-state index >= 15 is 0 Å². The van der Waals surface area contributed by atoms with Crippen molar-refractivity contribution in [2.24, 2.45) is 0 Å². The number of rotatable bonds is 36. The zero-order valence-electron chi connectivity index (χ0n) is 32.6. The summed E-state index contributed by atoms with van der Waals surface area (Å²) in [4.78, 5) is 30.0. The van der Waals surface area contributed by atoms with E-state index in [-0.39, 0.29) is 0 Å². The van der Waals surface area contributed by atoms with Crippen LogP contribution in [-0.2, 0) is 27.2 Å². The molecule has 0 radical (unpaired) electrons. The smallest absolute Gasteiger partial charge is 0.303 e. The molecular formula is C46H72N2O4. The Bertz CT molecular complexity index is 1210. The van der Waals surface area contributed by atoms with Gasteiger partial charge < -0.3 is 9.84 Å². The fraction of sp³-hybridized carbons (Fsp3) is 0.652. The molecule has 0 atom stereocenters. The van der Waals surface area contributed by atoms with Gasteiger partial charge in [0.2, 0.25) is 0 Å². The fourth-order valence-corrected chi connectivity index (χ4v) is 6.70. The van der Waals surface area contributed by atoms with Crippen molar-refractivity contribution < 1.29 is 19.4 Å². The second-order valence-corrected chi connectivity index (χ2v) is 14.6. The quantitative estimate of drug-likeness (QED) is 0.0429. The summed E-state index contributed by atoms with van der Waals surface area (Å²) in [6.45, 7) is 1.10. The third kappa shape index (κ3) is 26.5. The summed E-state index contributed by atoms with van der Waals surface area (Å²) < 4.78 is 4.72. The second-order valence-electron chi connectivity index (χ2n) is 14.6. The zero-order valence-corrected chi connectivity index (χ0v) is 32.6. The van der Waals surface area contributed by atoms with Gasteiger partial charge in [0, 0.05) is 18.8 Å². The van der Waals surface area contributed by atoms with Gasteiger partial charge in [0.25, 0.3) is 6.47 Å². The van der Waals surface area contributed by atoms with Gasteiger partial charge in [-0.1, -0.05) is 114 Å². The van der Waals surface area contributed by atoms with Gasteiger partial charge in [-0.2, -0.15) is 0 Å². The third-order valence-corrected chi connectivity index (χ3v) is 9.88. The van der Waals surface area contributed by atoms with Crippen LogP contribution >= 0.6 is 0 Å². The summed E-state index contributed by atoms with van der Waals surface area (Å²) in [6.07, 6.45) is 47.5. The number of aromatic nitrogens is 2. The van der Waals surface area contributed by atoms with Crippen molar-refractivity contribution in [1.82, 2.24) is 9.97 Å². The number of carbonyl (C=O) groups excluding carboxylic acids is 1. The van der Waals surface area contributed by atoms with Crippen molar-refractivity contribution in [3.8, 4) is 11.4 Å². The maximum atomic E-state index is 10.5. The van der Waals surface area contributed by atoms with E-state index in [1.54, 1.807) is 0 Å². The first-order valence-electron chi connectivity index (χ1n) is 21.2. The van der Waals surface area contributed by atoms with Crippen LogP contribution in [0.2, 0.25) is 0 Å². The van der Waals surface area contributed by atoms with Gasteiger partial charge in [-0.3, -0.25) is 19.6 Å². The van der Waals surface area contributed by atoms with Crippen molar-refractivity contribution in [2.45, 2.75) is 186 Å². The monoisotopic (exact) mass is 717 g/mol. The normalized spacial score (nSPS) is 11.5. The summed E-state index contributed by atoms with van der Waals surface area (Å²) >= 11 is 0. The Kier molecular flexibility index (Phi) is 29.0. The van der Waals surface area contributed by atoms with Crippen molar-refractivity contribution in [3.05, 3.63) is 72.1 Å². The number of allylic oxidation sites excluding steroid dienone is 4. The highest BCUT2D eigenvalue weighted by Gasteiger charge is 2.05. The standard InChI is InChI=1S/C46H72N2O4/c49-41-52-38-30-26-22-18-14-10-6-2-4-8-12-16-20-24-28-32-43-35-37-48-45(40-43)44-39-42(34-36-47-44)31-27-23-19-15-11-7-3-1-5-9-13-17-21-25-29-33-46(50)51/h1-2,5-6,34-37,39-41H,3-4,7-33,38H2,(H,50,51)/b5-1+,6-2+. The molecule has 0 aromatic carbocycles. The lowest BCUT2D eigenvalue weighted by Gasteiger charge is -2.07. The maximum absolute atomic E-state index is 10.5. The predicted molar refractivity (Wildman–Crippen MR) is 217 cm³/mol. The molecule has 0 bridgehead atoms. The first-order chi connectivity index (χ1) is 25.7. The van der Waals surface area contributed by atoms with Crippen molar-refractivity contribution in [1.29, 1.82) is 0 Å². The number of carbonyl (C=O) groups is 2. The number of hydrogen-bond donors (Lipinski definition) is 1. The van der Waals surface area contributed by atoms with Gasteiger partial charge in [-0.25, -0.2) is 0 Å². The number of carboxylic acid groups (broad SMARTS) is 1. The average molecular weight is 717 g/mol. The van der Waals surface area contributed by atoms with Gasteiger partial charge >= 0.3 is 5.97 Å². The van der Waals surface area contributed by atoms with E-state index in [9.17, 15) is 9.59 Å². The van der Waals surface area contributed by atoms with Crippen LogP contribution in [0, 0.1) is 0 Å². The summed E-state index contributed by atoms with van der Waals surface area (Å²) in [5.74, 6) is -0.674. The van der Waals surface area contributed by atoms with Gasteiger partial charge in [0.05, 0.1) is 18.0 Å². The van der Waals surface area contributed by atoms with Gasteiger partial charge in [-0.05, 0) is 125 Å². The van der Waals surface area contributed by atoms with Crippen molar-refractivity contribution in [3.63, 3.8) is 0 Å². The van der Waals surface area contributed by atoms with E-state index in [2.05, 4.69) is 58.5 Å². The molecule has 290 valence electrons. The Balaban J connectivity index is 1.45. The molecule has 0 amide bonds. The molecule has 2 heterocycles. The number of carboxylic acids is 1. The van der Waals surface area contributed by atoms with E-state index in [1.165, 1.54) is 140 Å². The summed E-state index contributed by atoms with van der Waals surface area (Å²) in [5.41, 5.74) is 4.72. The number of aliphatic carboxylic acids is 1. The lowest BCUT2D eigenvalue weighted by Crippen LogP contribution is -1.94. The van der Waals surface area contributed by atoms with E-state index in [4.69, 9.17) is 9.84 Å². The van der Waals surface area contributed by atoms with E-state index in [0.717, 1.165) is 62.8 Å². The largest absolute Gasteiger partial charge is 0.481 e. The average Bonchev–Trinajstić information content (AvgIpc) is 3.15. The van der Waals surface area contributed by atoms with Gasteiger partial charge in [-0.15, -0.1) is 0 Å². The van der Waals surface area contributed by atoms with E-state index in [1.807, 2.05) is 12.4 Å². The van der Waals surface area contributed by atoms with Gasteiger partial charge in [0.15, 0.2) is 0 Å².